The lowest BCUT2D eigenvalue weighted by Gasteiger charge is -2.47. The molecule has 0 bridgehead atoms. The van der Waals surface area contributed by atoms with Gasteiger partial charge in [0.1, 0.15) is 5.82 Å². The fourth-order valence-electron chi connectivity index (χ4n) is 5.91. The molecule has 224 valence electrons. The topological polar surface area (TPSA) is 43.9 Å². The molecule has 2 aliphatic rings. The van der Waals surface area contributed by atoms with Gasteiger partial charge in [-0.25, -0.2) is 4.39 Å². The Morgan fingerprint density at radius 3 is 1.98 bits per heavy atom. The number of hydrogen-bond donors (Lipinski definition) is 0. The van der Waals surface area contributed by atoms with E-state index in [0.717, 1.165) is 12.8 Å². The Morgan fingerprint density at radius 1 is 0.878 bits per heavy atom. The van der Waals surface area contributed by atoms with E-state index in [9.17, 15) is 40.3 Å². The number of nitrogens with zero attached hydrogens (tertiary/aromatic N) is 3. The molecule has 2 aromatic carbocycles. The van der Waals surface area contributed by atoms with E-state index in [1.54, 1.807) is 24.0 Å². The van der Waals surface area contributed by atoms with Gasteiger partial charge >= 0.3 is 12.4 Å². The number of alkyl halides is 6. The third-order valence-corrected chi connectivity index (χ3v) is 8.31. The van der Waals surface area contributed by atoms with Gasteiger partial charge in [0.25, 0.3) is 5.91 Å². The lowest BCUT2D eigenvalue weighted by Crippen LogP contribution is -2.55. The van der Waals surface area contributed by atoms with Gasteiger partial charge in [0, 0.05) is 63.7 Å². The summed E-state index contributed by atoms with van der Waals surface area (Å²) in [4.78, 5) is 30.4. The Morgan fingerprint density at radius 2 is 1.46 bits per heavy atom. The highest BCUT2D eigenvalue weighted by Crippen LogP contribution is 2.38. The Hall–Kier alpha value is -3.15. The molecule has 0 unspecified atom stereocenters. The SMILES string of the molecule is CC(=O)N1CCC(N2CC[C@@H](N(C)C(=O)c3cc(C(F)(F)F)cc(C(F)(F)F)c3)[C@H](c3ccc(C)c(F)c3)C2)CC1. The normalized spacial score (nSPS) is 21.2. The summed E-state index contributed by atoms with van der Waals surface area (Å²) in [5.41, 5.74) is -2.84. The van der Waals surface area contributed by atoms with E-state index >= 15 is 0 Å². The van der Waals surface area contributed by atoms with Crippen molar-refractivity contribution in [1.29, 1.82) is 0 Å². The first-order valence-corrected chi connectivity index (χ1v) is 13.4. The van der Waals surface area contributed by atoms with Crippen LogP contribution in [0.25, 0.3) is 0 Å². The molecule has 2 heterocycles. The lowest BCUT2D eigenvalue weighted by molar-refractivity contribution is -0.143. The molecule has 2 fully saturated rings. The van der Waals surface area contributed by atoms with Crippen molar-refractivity contribution in [2.75, 3.05) is 33.2 Å². The van der Waals surface area contributed by atoms with Gasteiger partial charge in [0.05, 0.1) is 11.1 Å². The van der Waals surface area contributed by atoms with Crippen molar-refractivity contribution in [3.05, 3.63) is 70.0 Å². The fourth-order valence-corrected chi connectivity index (χ4v) is 5.91. The number of hydrogen-bond acceptors (Lipinski definition) is 3. The van der Waals surface area contributed by atoms with Crippen LogP contribution in [0.2, 0.25) is 0 Å². The minimum absolute atomic E-state index is 0.00132. The van der Waals surface area contributed by atoms with Crippen LogP contribution >= 0.6 is 0 Å². The largest absolute Gasteiger partial charge is 0.416 e. The maximum absolute atomic E-state index is 14.6. The number of carbonyl (C=O) groups excluding carboxylic acids is 2. The number of rotatable bonds is 4. The summed E-state index contributed by atoms with van der Waals surface area (Å²) in [6, 6.07) is 5.12. The van der Waals surface area contributed by atoms with Crippen molar-refractivity contribution in [2.45, 2.75) is 63.5 Å². The number of benzene rings is 2. The first-order valence-electron chi connectivity index (χ1n) is 13.4. The molecule has 2 saturated heterocycles. The molecule has 0 radical (unpaired) electrons. The first-order chi connectivity index (χ1) is 19.1. The second kappa shape index (κ2) is 11.6. The summed E-state index contributed by atoms with van der Waals surface area (Å²) in [5.74, 6) is -1.88. The summed E-state index contributed by atoms with van der Waals surface area (Å²) in [6.45, 7) is 5.25. The zero-order chi connectivity index (χ0) is 30.3. The van der Waals surface area contributed by atoms with Crippen molar-refractivity contribution in [3.8, 4) is 0 Å². The molecule has 0 spiro atoms. The van der Waals surface area contributed by atoms with Crippen LogP contribution in [-0.4, -0.2) is 71.8 Å². The smallest absolute Gasteiger partial charge is 0.343 e. The quantitative estimate of drug-likeness (QED) is 0.406. The van der Waals surface area contributed by atoms with Gasteiger partial charge in [0.15, 0.2) is 0 Å². The third kappa shape index (κ3) is 6.85. The van der Waals surface area contributed by atoms with Crippen LogP contribution in [0.15, 0.2) is 36.4 Å². The van der Waals surface area contributed by atoms with Crippen LogP contribution in [0, 0.1) is 12.7 Å². The van der Waals surface area contributed by atoms with Gasteiger partial charge in [-0.15, -0.1) is 0 Å². The molecule has 2 amide bonds. The molecule has 2 aromatic rings. The van der Waals surface area contributed by atoms with E-state index in [1.807, 2.05) is 0 Å². The Labute approximate surface area is 233 Å². The number of piperidine rings is 2. The predicted molar refractivity (Wildman–Crippen MR) is 138 cm³/mol. The molecule has 2 aliphatic heterocycles. The second-order valence-corrected chi connectivity index (χ2v) is 10.9. The van der Waals surface area contributed by atoms with E-state index in [2.05, 4.69) is 4.90 Å². The standard InChI is InChI=1S/C29H32F7N3O2/c1-17-4-5-19(14-25(17)30)24-16-39(23-6-9-38(10-7-23)18(2)40)11-8-26(24)37(3)27(41)20-12-21(28(31,32)33)15-22(13-20)29(34,35)36/h4-5,12-15,23-24,26H,6-11,16H2,1-3H3/t24-,26+/m0/s1. The van der Waals surface area contributed by atoms with Crippen LogP contribution in [-0.2, 0) is 17.1 Å². The van der Waals surface area contributed by atoms with Gasteiger partial charge in [-0.2, -0.15) is 26.3 Å². The highest BCUT2D eigenvalue weighted by molar-refractivity contribution is 5.95. The van der Waals surface area contributed by atoms with Crippen LogP contribution in [0.5, 0.6) is 0 Å². The van der Waals surface area contributed by atoms with Crippen LogP contribution in [0.3, 0.4) is 0 Å². The molecular weight excluding hydrogens is 555 g/mol. The van der Waals surface area contributed by atoms with E-state index in [0.29, 0.717) is 55.9 Å². The second-order valence-electron chi connectivity index (χ2n) is 10.9. The molecule has 12 heteroatoms. The number of carbonyl (C=O) groups is 2. The summed E-state index contributed by atoms with van der Waals surface area (Å²) >= 11 is 0. The number of likely N-dealkylation sites (tertiary alicyclic amines) is 2. The number of aryl methyl sites for hydroxylation is 1. The van der Waals surface area contributed by atoms with Crippen molar-refractivity contribution >= 4 is 11.8 Å². The molecule has 0 saturated carbocycles. The van der Waals surface area contributed by atoms with Crippen LogP contribution in [0.1, 0.15) is 64.7 Å². The zero-order valence-electron chi connectivity index (χ0n) is 22.9. The maximum Gasteiger partial charge on any atom is 0.416 e. The first kappa shape index (κ1) is 30.8. The molecule has 0 aromatic heterocycles. The van der Waals surface area contributed by atoms with Crippen LogP contribution in [0.4, 0.5) is 30.7 Å². The van der Waals surface area contributed by atoms with Gasteiger partial charge in [-0.3, -0.25) is 14.5 Å². The van der Waals surface area contributed by atoms with Crippen molar-refractivity contribution in [2.24, 2.45) is 0 Å². The zero-order valence-corrected chi connectivity index (χ0v) is 22.9. The summed E-state index contributed by atoms with van der Waals surface area (Å²) in [5, 5.41) is 0. The van der Waals surface area contributed by atoms with Crippen LogP contribution < -0.4 is 0 Å². The van der Waals surface area contributed by atoms with Gasteiger partial charge in [-0.05, 0) is 61.6 Å². The molecule has 4 rings (SSSR count). The average Bonchev–Trinajstić information content (AvgIpc) is 2.92. The molecule has 0 aliphatic carbocycles. The molecule has 2 atom stereocenters. The maximum atomic E-state index is 14.6. The van der Waals surface area contributed by atoms with E-state index in [-0.39, 0.29) is 18.0 Å². The number of halogens is 7. The lowest BCUT2D eigenvalue weighted by atomic mass is 9.83. The van der Waals surface area contributed by atoms with Crippen molar-refractivity contribution in [1.82, 2.24) is 14.7 Å². The molecule has 5 nitrogen and oxygen atoms in total. The van der Waals surface area contributed by atoms with Gasteiger partial charge in [0.2, 0.25) is 5.91 Å². The van der Waals surface area contributed by atoms with E-state index in [1.165, 1.54) is 24.9 Å². The predicted octanol–water partition coefficient (Wildman–Crippen LogP) is 6.11. The molecule has 0 N–H and O–H groups in total. The number of likely N-dealkylation sites (N-methyl/N-ethyl adjacent to an activating group) is 1. The Kier molecular flexibility index (Phi) is 8.73. The van der Waals surface area contributed by atoms with Crippen molar-refractivity contribution < 1.29 is 40.3 Å². The van der Waals surface area contributed by atoms with Gasteiger partial charge in [-0.1, -0.05) is 12.1 Å². The molecular formula is C29H32F7N3O2. The third-order valence-electron chi connectivity index (χ3n) is 8.31. The average molecular weight is 588 g/mol. The minimum atomic E-state index is -5.08. The van der Waals surface area contributed by atoms with Gasteiger partial charge < -0.3 is 9.80 Å². The van der Waals surface area contributed by atoms with Crippen molar-refractivity contribution in [3.63, 3.8) is 0 Å². The fraction of sp³-hybridized carbons (Fsp3) is 0.517. The highest BCUT2D eigenvalue weighted by atomic mass is 19.4. The monoisotopic (exact) mass is 587 g/mol. The van der Waals surface area contributed by atoms with E-state index < -0.39 is 52.7 Å². The summed E-state index contributed by atoms with van der Waals surface area (Å²) in [7, 11) is 1.36. The molecule has 41 heavy (non-hydrogen) atoms. The van der Waals surface area contributed by atoms with E-state index in [4.69, 9.17) is 0 Å². The summed E-state index contributed by atoms with van der Waals surface area (Å²) in [6.07, 6.45) is -8.32. The summed E-state index contributed by atoms with van der Waals surface area (Å²) < 4.78 is 95.3. The Balaban J connectivity index is 1.64. The Bertz CT molecular complexity index is 1250. The number of amides is 2. The highest BCUT2D eigenvalue weighted by Gasteiger charge is 2.41. The minimum Gasteiger partial charge on any atom is -0.343 e.